The number of benzene rings is 2. The Labute approximate surface area is 148 Å². The number of hydrogen-bond donors (Lipinski definition) is 1. The Hall–Kier alpha value is -2.15. The lowest BCUT2D eigenvalue weighted by Gasteiger charge is -2.14. The highest BCUT2D eigenvalue weighted by Gasteiger charge is 2.31. The third-order valence-electron chi connectivity index (χ3n) is 3.83. The lowest BCUT2D eigenvalue weighted by atomic mass is 9.97. The monoisotopic (exact) mass is 366 g/mol. The van der Waals surface area contributed by atoms with Crippen molar-refractivity contribution >= 4 is 16.9 Å². The summed E-state index contributed by atoms with van der Waals surface area (Å²) in [6.07, 6.45) is -2.79. The Balaban J connectivity index is 1.89. The minimum atomic E-state index is -4.70. The van der Waals surface area contributed by atoms with E-state index in [9.17, 15) is 13.2 Å². The van der Waals surface area contributed by atoms with E-state index in [1.807, 2.05) is 24.3 Å². The lowest BCUT2D eigenvalue weighted by molar-refractivity contribution is -0.274. The van der Waals surface area contributed by atoms with E-state index in [0.29, 0.717) is 10.7 Å². The van der Waals surface area contributed by atoms with Gasteiger partial charge in [0.25, 0.3) is 0 Å². The maximum Gasteiger partial charge on any atom is 0.573 e. The molecule has 1 aliphatic heterocycles. The summed E-state index contributed by atoms with van der Waals surface area (Å²) < 4.78 is 41.2. The molecule has 0 fully saturated rings. The number of halogens is 3. The number of hydrogen-bond acceptors (Lipinski definition) is 4. The topological polar surface area (TPSA) is 47.6 Å². The Morgan fingerprint density at radius 2 is 1.80 bits per heavy atom. The lowest BCUT2D eigenvalue weighted by Crippen LogP contribution is -2.17. The van der Waals surface area contributed by atoms with Crippen LogP contribution in [0.5, 0.6) is 5.75 Å². The van der Waals surface area contributed by atoms with Crippen molar-refractivity contribution < 1.29 is 17.9 Å². The van der Waals surface area contributed by atoms with E-state index in [1.165, 1.54) is 12.1 Å². The van der Waals surface area contributed by atoms with Crippen molar-refractivity contribution in [2.75, 3.05) is 5.75 Å². The third-order valence-corrected chi connectivity index (χ3v) is 4.72. The van der Waals surface area contributed by atoms with Crippen LogP contribution in [0.15, 0.2) is 53.5 Å². The largest absolute Gasteiger partial charge is 0.573 e. The molecule has 0 saturated carbocycles. The van der Waals surface area contributed by atoms with Gasteiger partial charge in [0.2, 0.25) is 0 Å². The number of alkyl halides is 3. The molecule has 1 atom stereocenters. The average molecular weight is 366 g/mol. The van der Waals surface area contributed by atoms with Gasteiger partial charge in [-0.1, -0.05) is 42.1 Å². The van der Waals surface area contributed by atoms with Crippen molar-refractivity contribution in [3.63, 3.8) is 0 Å². The fraction of sp³-hybridized carbons (Fsp3) is 0.278. The molecule has 1 heterocycles. The standard InChI is InChI=1S/C18H17F3N2OS/c19-18(20,21)24-15-7-2-5-13(11-15)12-4-1-6-14(10-12)16-8-3-9-25-17(22)23-16/h1-2,4-7,10-11,16H,3,8-9H2,(H2,22,23)/t16-/m0/s1. The zero-order valence-corrected chi connectivity index (χ0v) is 14.1. The van der Waals surface area contributed by atoms with Crippen LogP contribution in [0.2, 0.25) is 0 Å². The molecule has 2 aromatic rings. The molecule has 0 spiro atoms. The molecule has 25 heavy (non-hydrogen) atoms. The number of rotatable bonds is 3. The highest BCUT2D eigenvalue weighted by molar-refractivity contribution is 8.13. The minimum absolute atomic E-state index is 0.0236. The number of ether oxygens (including phenoxy) is 1. The molecule has 0 radical (unpaired) electrons. The number of amidine groups is 1. The zero-order chi connectivity index (χ0) is 17.9. The molecular formula is C18H17F3N2OS. The van der Waals surface area contributed by atoms with Gasteiger partial charge in [-0.3, -0.25) is 4.99 Å². The van der Waals surface area contributed by atoms with Gasteiger partial charge in [0.1, 0.15) is 5.75 Å². The van der Waals surface area contributed by atoms with Gasteiger partial charge in [0.05, 0.1) is 6.04 Å². The summed E-state index contributed by atoms with van der Waals surface area (Å²) in [6, 6.07) is 13.6. The highest BCUT2D eigenvalue weighted by atomic mass is 32.2. The third kappa shape index (κ3) is 4.92. The summed E-state index contributed by atoms with van der Waals surface area (Å²) in [5.74, 6) is 0.714. The quantitative estimate of drug-likeness (QED) is 0.819. The van der Waals surface area contributed by atoms with Crippen molar-refractivity contribution in [1.29, 1.82) is 0 Å². The van der Waals surface area contributed by atoms with Crippen LogP contribution in [0.1, 0.15) is 24.4 Å². The molecule has 7 heteroatoms. The van der Waals surface area contributed by atoms with Gasteiger partial charge in [-0.05, 0) is 47.7 Å². The predicted octanol–water partition coefficient (Wildman–Crippen LogP) is 5.14. The molecule has 0 aliphatic carbocycles. The van der Waals surface area contributed by atoms with E-state index in [1.54, 1.807) is 23.9 Å². The van der Waals surface area contributed by atoms with Crippen molar-refractivity contribution in [1.82, 2.24) is 0 Å². The summed E-state index contributed by atoms with van der Waals surface area (Å²) in [5, 5.41) is 0.577. The minimum Gasteiger partial charge on any atom is -0.406 e. The first-order valence-corrected chi connectivity index (χ1v) is 8.81. The fourth-order valence-corrected chi connectivity index (χ4v) is 3.47. The van der Waals surface area contributed by atoms with E-state index in [0.717, 1.165) is 29.7 Å². The highest BCUT2D eigenvalue weighted by Crippen LogP contribution is 2.32. The molecule has 0 unspecified atom stereocenters. The Morgan fingerprint density at radius 3 is 2.56 bits per heavy atom. The van der Waals surface area contributed by atoms with Crippen molar-refractivity contribution in [2.24, 2.45) is 10.7 Å². The second-order valence-electron chi connectivity index (χ2n) is 5.67. The maximum atomic E-state index is 12.4. The Kier molecular flexibility index (Phi) is 5.22. The molecule has 0 saturated heterocycles. The van der Waals surface area contributed by atoms with E-state index >= 15 is 0 Å². The normalized spacial score (nSPS) is 18.4. The first kappa shape index (κ1) is 17.7. The van der Waals surface area contributed by atoms with Crippen LogP contribution < -0.4 is 10.5 Å². The second-order valence-corrected chi connectivity index (χ2v) is 6.79. The van der Waals surface area contributed by atoms with Crippen LogP contribution in [0, 0.1) is 0 Å². The van der Waals surface area contributed by atoms with Crippen LogP contribution in [-0.4, -0.2) is 17.3 Å². The summed E-state index contributed by atoms with van der Waals surface area (Å²) in [5.41, 5.74) is 8.36. The number of nitrogens with zero attached hydrogens (tertiary/aromatic N) is 1. The molecule has 2 N–H and O–H groups in total. The number of thioether (sulfide) groups is 1. The zero-order valence-electron chi connectivity index (χ0n) is 13.3. The summed E-state index contributed by atoms with van der Waals surface area (Å²) in [6.45, 7) is 0. The van der Waals surface area contributed by atoms with E-state index in [2.05, 4.69) is 9.73 Å². The van der Waals surface area contributed by atoms with Gasteiger partial charge in [-0.2, -0.15) is 0 Å². The predicted molar refractivity (Wildman–Crippen MR) is 94.6 cm³/mol. The molecule has 1 aliphatic rings. The van der Waals surface area contributed by atoms with Gasteiger partial charge in [0.15, 0.2) is 5.17 Å². The molecule has 3 nitrogen and oxygen atoms in total. The Bertz CT molecular complexity index is 777. The van der Waals surface area contributed by atoms with Crippen molar-refractivity contribution in [3.05, 3.63) is 54.1 Å². The fourth-order valence-electron chi connectivity index (χ4n) is 2.75. The molecule has 0 amide bonds. The van der Waals surface area contributed by atoms with E-state index in [-0.39, 0.29) is 11.8 Å². The van der Waals surface area contributed by atoms with Crippen molar-refractivity contribution in [2.45, 2.75) is 25.2 Å². The van der Waals surface area contributed by atoms with Gasteiger partial charge >= 0.3 is 6.36 Å². The summed E-state index contributed by atoms with van der Waals surface area (Å²) in [4.78, 5) is 4.53. The number of nitrogens with two attached hydrogens (primary N) is 1. The van der Waals surface area contributed by atoms with Gasteiger partial charge in [-0.15, -0.1) is 13.2 Å². The summed E-state index contributed by atoms with van der Waals surface area (Å²) >= 11 is 1.55. The molecule has 0 aromatic heterocycles. The first-order valence-electron chi connectivity index (χ1n) is 7.83. The van der Waals surface area contributed by atoms with Crippen LogP contribution in [0.3, 0.4) is 0 Å². The van der Waals surface area contributed by atoms with Gasteiger partial charge < -0.3 is 10.5 Å². The van der Waals surface area contributed by atoms with Gasteiger partial charge in [-0.25, -0.2) is 0 Å². The van der Waals surface area contributed by atoms with Crippen molar-refractivity contribution in [3.8, 4) is 16.9 Å². The summed E-state index contributed by atoms with van der Waals surface area (Å²) in [7, 11) is 0. The first-order chi connectivity index (χ1) is 11.9. The van der Waals surface area contributed by atoms with Crippen LogP contribution in [-0.2, 0) is 0 Å². The maximum absolute atomic E-state index is 12.4. The van der Waals surface area contributed by atoms with Crippen LogP contribution in [0.4, 0.5) is 13.2 Å². The average Bonchev–Trinajstić information content (AvgIpc) is 2.78. The van der Waals surface area contributed by atoms with Gasteiger partial charge in [0, 0.05) is 5.75 Å². The van der Waals surface area contributed by atoms with E-state index < -0.39 is 6.36 Å². The molecule has 0 bridgehead atoms. The van der Waals surface area contributed by atoms with Crippen LogP contribution in [0.25, 0.3) is 11.1 Å². The smallest absolute Gasteiger partial charge is 0.406 e. The molecule has 2 aromatic carbocycles. The SMILES string of the molecule is NC1=N[C@H](c2cccc(-c3cccc(OC(F)(F)F)c3)c2)CCCS1. The number of aliphatic imine (C=N–C) groups is 1. The second kappa shape index (κ2) is 7.39. The van der Waals surface area contributed by atoms with E-state index in [4.69, 9.17) is 5.73 Å². The Morgan fingerprint density at radius 1 is 1.08 bits per heavy atom. The molecular weight excluding hydrogens is 349 g/mol. The molecule has 3 rings (SSSR count). The van der Waals surface area contributed by atoms with Crippen LogP contribution >= 0.6 is 11.8 Å². The molecule has 132 valence electrons.